The van der Waals surface area contributed by atoms with Crippen molar-refractivity contribution < 1.29 is 4.79 Å². The summed E-state index contributed by atoms with van der Waals surface area (Å²) in [4.78, 5) is 37.0. The van der Waals surface area contributed by atoms with Crippen molar-refractivity contribution in [1.82, 2.24) is 29.6 Å². The highest BCUT2D eigenvalue weighted by molar-refractivity contribution is 5.79. The van der Waals surface area contributed by atoms with Crippen LogP contribution in [0.1, 0.15) is 43.6 Å². The molecule has 1 aliphatic rings. The van der Waals surface area contributed by atoms with Crippen LogP contribution in [0.15, 0.2) is 23.1 Å². The zero-order valence-electron chi connectivity index (χ0n) is 20.0. The largest absolute Gasteiger partial charge is 0.355 e. The average molecular weight is 452 g/mol. The molecule has 1 atom stereocenters. The van der Waals surface area contributed by atoms with Crippen LogP contribution >= 0.6 is 0 Å². The van der Waals surface area contributed by atoms with E-state index in [-0.39, 0.29) is 17.4 Å². The number of hydrogen-bond donors (Lipinski definition) is 1. The molecular weight excluding hydrogens is 418 g/mol. The summed E-state index contributed by atoms with van der Waals surface area (Å²) < 4.78 is 3.66. The minimum Gasteiger partial charge on any atom is -0.355 e. The number of anilines is 1. The number of rotatable bonds is 7. The van der Waals surface area contributed by atoms with E-state index in [1.165, 1.54) is 5.56 Å². The van der Waals surface area contributed by atoms with Gasteiger partial charge in [0.1, 0.15) is 5.52 Å². The molecule has 9 nitrogen and oxygen atoms in total. The fraction of sp³-hybridized carbons (Fsp3) is 0.542. The minimum absolute atomic E-state index is 0.0381. The zero-order valence-corrected chi connectivity index (χ0v) is 20.0. The molecule has 1 fully saturated rings. The standard InChI is InChI=1S/C24H33N7O2/c1-5-30-21-20(10-7-12-25-21)27-22(24(30)33)29-14-8-9-18(15-29)23(32)26-13-11-19-16(3)28-31(6-2)17(19)4/h7,10,12,18H,5-6,8-9,11,13-15H2,1-4H3,(H,26,32)/t18-/m1/s1. The quantitative estimate of drug-likeness (QED) is 0.592. The van der Waals surface area contributed by atoms with Gasteiger partial charge in [0.2, 0.25) is 5.91 Å². The fourth-order valence-electron chi connectivity index (χ4n) is 4.80. The van der Waals surface area contributed by atoms with Gasteiger partial charge in [-0.1, -0.05) is 0 Å². The number of aryl methyl sites for hydroxylation is 3. The number of hydrogen-bond acceptors (Lipinski definition) is 6. The first-order valence-electron chi connectivity index (χ1n) is 11.9. The Morgan fingerprint density at radius 1 is 1.24 bits per heavy atom. The van der Waals surface area contributed by atoms with Crippen LogP contribution in [0.25, 0.3) is 11.2 Å². The summed E-state index contributed by atoms with van der Waals surface area (Å²) in [6.45, 7) is 11.3. The molecule has 3 aromatic rings. The lowest BCUT2D eigenvalue weighted by molar-refractivity contribution is -0.125. The molecule has 4 heterocycles. The predicted molar refractivity (Wildman–Crippen MR) is 128 cm³/mol. The first kappa shape index (κ1) is 22.9. The van der Waals surface area contributed by atoms with Gasteiger partial charge in [-0.2, -0.15) is 5.10 Å². The van der Waals surface area contributed by atoms with Crippen molar-refractivity contribution in [2.75, 3.05) is 24.5 Å². The van der Waals surface area contributed by atoms with Gasteiger partial charge < -0.3 is 10.2 Å². The van der Waals surface area contributed by atoms with E-state index in [9.17, 15) is 9.59 Å². The van der Waals surface area contributed by atoms with E-state index in [1.807, 2.05) is 35.6 Å². The van der Waals surface area contributed by atoms with Crippen LogP contribution in [0.2, 0.25) is 0 Å². The SMILES string of the molecule is CCn1nc(C)c(CCNC(=O)[C@@H]2CCCN(c3nc4cccnc4n(CC)c3=O)C2)c1C. The summed E-state index contributed by atoms with van der Waals surface area (Å²) in [6, 6.07) is 3.69. The second-order valence-electron chi connectivity index (χ2n) is 8.62. The average Bonchev–Trinajstić information content (AvgIpc) is 3.11. The minimum atomic E-state index is -0.166. The maximum absolute atomic E-state index is 13.1. The number of aromatic nitrogens is 5. The molecule has 0 spiro atoms. The molecular formula is C24H33N7O2. The first-order valence-corrected chi connectivity index (χ1v) is 11.9. The van der Waals surface area contributed by atoms with Crippen LogP contribution in [0, 0.1) is 19.8 Å². The molecule has 1 aliphatic heterocycles. The summed E-state index contributed by atoms with van der Waals surface area (Å²) in [7, 11) is 0. The lowest BCUT2D eigenvalue weighted by Crippen LogP contribution is -2.46. The maximum Gasteiger partial charge on any atom is 0.295 e. The Morgan fingerprint density at radius 3 is 2.79 bits per heavy atom. The Kier molecular flexibility index (Phi) is 6.76. The van der Waals surface area contributed by atoms with Crippen molar-refractivity contribution in [3.8, 4) is 0 Å². The summed E-state index contributed by atoms with van der Waals surface area (Å²) in [5, 5.41) is 7.66. The van der Waals surface area contributed by atoms with Gasteiger partial charge in [-0.25, -0.2) is 9.97 Å². The van der Waals surface area contributed by atoms with Gasteiger partial charge >= 0.3 is 0 Å². The molecule has 176 valence electrons. The van der Waals surface area contributed by atoms with Gasteiger partial charge in [0.05, 0.1) is 11.6 Å². The third-order valence-electron chi connectivity index (χ3n) is 6.60. The molecule has 4 rings (SSSR count). The number of carbonyl (C=O) groups is 1. The summed E-state index contributed by atoms with van der Waals surface area (Å²) >= 11 is 0. The van der Waals surface area contributed by atoms with E-state index in [4.69, 9.17) is 0 Å². The van der Waals surface area contributed by atoms with Gasteiger partial charge in [-0.15, -0.1) is 0 Å². The Morgan fingerprint density at radius 2 is 2.06 bits per heavy atom. The lowest BCUT2D eigenvalue weighted by atomic mass is 9.97. The highest BCUT2D eigenvalue weighted by atomic mass is 16.2. The summed E-state index contributed by atoms with van der Waals surface area (Å²) in [5.41, 5.74) is 4.53. The van der Waals surface area contributed by atoms with Crippen LogP contribution < -0.4 is 15.8 Å². The van der Waals surface area contributed by atoms with Crippen LogP contribution in [-0.4, -0.2) is 49.9 Å². The lowest BCUT2D eigenvalue weighted by Gasteiger charge is -2.32. The molecule has 0 radical (unpaired) electrons. The van der Waals surface area contributed by atoms with E-state index in [2.05, 4.69) is 34.2 Å². The molecule has 3 aromatic heterocycles. The number of nitrogens with one attached hydrogen (secondary N) is 1. The maximum atomic E-state index is 13.1. The first-order chi connectivity index (χ1) is 15.9. The second-order valence-corrected chi connectivity index (χ2v) is 8.62. The third-order valence-corrected chi connectivity index (χ3v) is 6.60. The van der Waals surface area contributed by atoms with E-state index in [0.717, 1.165) is 43.7 Å². The molecule has 0 aromatic carbocycles. The molecule has 1 N–H and O–H groups in total. The molecule has 0 unspecified atom stereocenters. The molecule has 9 heteroatoms. The number of amides is 1. The third kappa shape index (κ3) is 4.49. The zero-order chi connectivity index (χ0) is 23.5. The molecule has 1 amide bonds. The van der Waals surface area contributed by atoms with E-state index >= 15 is 0 Å². The highest BCUT2D eigenvalue weighted by Crippen LogP contribution is 2.21. The van der Waals surface area contributed by atoms with E-state index < -0.39 is 0 Å². The van der Waals surface area contributed by atoms with Crippen molar-refractivity contribution in [2.45, 2.75) is 60.0 Å². The number of pyridine rings is 1. The van der Waals surface area contributed by atoms with Crippen molar-refractivity contribution >= 4 is 22.9 Å². The van der Waals surface area contributed by atoms with E-state index in [1.54, 1.807) is 10.8 Å². The number of nitrogens with zero attached hydrogens (tertiary/aromatic N) is 6. The number of fused-ring (bicyclic) bond motifs is 1. The van der Waals surface area contributed by atoms with Crippen molar-refractivity contribution in [2.24, 2.45) is 5.92 Å². The Balaban J connectivity index is 1.45. The monoisotopic (exact) mass is 451 g/mol. The summed E-state index contributed by atoms with van der Waals surface area (Å²) in [6.07, 6.45) is 4.09. The van der Waals surface area contributed by atoms with Crippen LogP contribution in [0.4, 0.5) is 5.82 Å². The van der Waals surface area contributed by atoms with E-state index in [0.29, 0.717) is 36.6 Å². The van der Waals surface area contributed by atoms with Gasteiger partial charge in [0, 0.05) is 44.6 Å². The van der Waals surface area contributed by atoms with Crippen LogP contribution in [0.5, 0.6) is 0 Å². The fourth-order valence-corrected chi connectivity index (χ4v) is 4.80. The van der Waals surface area contributed by atoms with Gasteiger partial charge in [0.15, 0.2) is 11.5 Å². The topological polar surface area (TPSA) is 97.9 Å². The molecule has 1 saturated heterocycles. The van der Waals surface area contributed by atoms with Gasteiger partial charge in [0.25, 0.3) is 5.56 Å². The Labute approximate surface area is 193 Å². The van der Waals surface area contributed by atoms with Crippen molar-refractivity contribution in [3.05, 3.63) is 45.6 Å². The Hall–Kier alpha value is -3.23. The van der Waals surface area contributed by atoms with Crippen LogP contribution in [0.3, 0.4) is 0 Å². The van der Waals surface area contributed by atoms with Gasteiger partial charge in [-0.3, -0.25) is 18.8 Å². The predicted octanol–water partition coefficient (Wildman–Crippen LogP) is 2.22. The molecule has 0 aliphatic carbocycles. The molecule has 0 saturated carbocycles. The van der Waals surface area contributed by atoms with Gasteiger partial charge in [-0.05, 0) is 64.7 Å². The second kappa shape index (κ2) is 9.72. The van der Waals surface area contributed by atoms with Crippen molar-refractivity contribution in [1.29, 1.82) is 0 Å². The summed E-state index contributed by atoms with van der Waals surface area (Å²) in [5.74, 6) is 0.282. The smallest absolute Gasteiger partial charge is 0.295 e. The number of piperidine rings is 1. The van der Waals surface area contributed by atoms with Crippen molar-refractivity contribution in [3.63, 3.8) is 0 Å². The normalized spacial score (nSPS) is 16.4. The molecule has 0 bridgehead atoms. The number of carbonyl (C=O) groups excluding carboxylic acids is 1. The molecule has 33 heavy (non-hydrogen) atoms. The Bertz CT molecular complexity index is 1210. The highest BCUT2D eigenvalue weighted by Gasteiger charge is 2.28. The van der Waals surface area contributed by atoms with Crippen LogP contribution in [-0.2, 0) is 24.3 Å².